The molecule has 1 amide bonds. The molecule has 0 unspecified atom stereocenters. The summed E-state index contributed by atoms with van der Waals surface area (Å²) in [7, 11) is 2.07. The highest BCUT2D eigenvalue weighted by Gasteiger charge is 2.20. The van der Waals surface area contributed by atoms with Crippen LogP contribution in [0.1, 0.15) is 25.9 Å². The van der Waals surface area contributed by atoms with E-state index in [1.165, 1.54) is 16.9 Å². The Balaban J connectivity index is 1.58. The average Bonchev–Trinajstić information content (AvgIpc) is 2.94. The Morgan fingerprint density at radius 3 is 2.96 bits per heavy atom. The molecule has 1 aromatic carbocycles. The minimum Gasteiger partial charge on any atom is -0.374 e. The maximum Gasteiger partial charge on any atom is 0.263 e. The van der Waals surface area contributed by atoms with E-state index in [2.05, 4.69) is 34.4 Å². The lowest BCUT2D eigenvalue weighted by molar-refractivity contribution is -0.0174. The molecule has 0 radical (unpaired) electrons. The van der Waals surface area contributed by atoms with Gasteiger partial charge in [0.05, 0.1) is 23.4 Å². The highest BCUT2D eigenvalue weighted by Crippen LogP contribution is 2.21. The van der Waals surface area contributed by atoms with Gasteiger partial charge in [-0.3, -0.25) is 4.79 Å². The number of rotatable bonds is 5. The van der Waals surface area contributed by atoms with Gasteiger partial charge in [0.1, 0.15) is 4.88 Å². The summed E-state index contributed by atoms with van der Waals surface area (Å²) in [6.45, 7) is 4.94. The standard InChI is InChI=1S/C18H23N3O2S/c1-13-17(18(22)19-11-15-12-21(2)8-9-23-15)24-16(20-13)10-14-6-4-3-5-7-14/h3-7,15H,8-12H2,1-2H3,(H,19,22)/t15-/m0/s1. The highest BCUT2D eigenvalue weighted by molar-refractivity contribution is 7.13. The molecular formula is C18H23N3O2S. The molecule has 0 saturated carbocycles. The summed E-state index contributed by atoms with van der Waals surface area (Å²) in [4.78, 5) is 19.9. The Morgan fingerprint density at radius 1 is 1.42 bits per heavy atom. The number of amides is 1. The van der Waals surface area contributed by atoms with E-state index in [4.69, 9.17) is 4.74 Å². The average molecular weight is 345 g/mol. The zero-order valence-corrected chi connectivity index (χ0v) is 14.9. The Bertz CT molecular complexity index is 687. The van der Waals surface area contributed by atoms with Crippen LogP contribution in [-0.2, 0) is 11.2 Å². The fourth-order valence-corrected chi connectivity index (χ4v) is 3.80. The SMILES string of the molecule is Cc1nc(Cc2ccccc2)sc1C(=O)NC[C@H]1CN(C)CCO1. The van der Waals surface area contributed by atoms with Crippen molar-refractivity contribution in [3.8, 4) is 0 Å². The number of nitrogens with zero attached hydrogens (tertiary/aromatic N) is 2. The second-order valence-corrected chi connectivity index (χ2v) is 7.23. The number of nitrogens with one attached hydrogen (secondary N) is 1. The molecule has 0 spiro atoms. The molecule has 0 aliphatic carbocycles. The topological polar surface area (TPSA) is 54.5 Å². The largest absolute Gasteiger partial charge is 0.374 e. The van der Waals surface area contributed by atoms with Gasteiger partial charge in [-0.15, -0.1) is 11.3 Å². The van der Waals surface area contributed by atoms with E-state index in [0.29, 0.717) is 11.4 Å². The second-order valence-electron chi connectivity index (χ2n) is 6.15. The number of hydrogen-bond acceptors (Lipinski definition) is 5. The molecule has 1 aliphatic heterocycles. The van der Waals surface area contributed by atoms with Crippen molar-refractivity contribution in [2.24, 2.45) is 0 Å². The van der Waals surface area contributed by atoms with Crippen LogP contribution in [0.4, 0.5) is 0 Å². The van der Waals surface area contributed by atoms with Crippen LogP contribution in [-0.4, -0.2) is 55.2 Å². The second kappa shape index (κ2) is 7.88. The van der Waals surface area contributed by atoms with Gasteiger partial charge in [-0.05, 0) is 19.5 Å². The van der Waals surface area contributed by atoms with Crippen LogP contribution in [0, 0.1) is 6.92 Å². The number of benzene rings is 1. The summed E-state index contributed by atoms with van der Waals surface area (Å²) in [6, 6.07) is 10.2. The first kappa shape index (κ1) is 17.1. The molecule has 1 fully saturated rings. The zero-order valence-electron chi connectivity index (χ0n) is 14.1. The number of aryl methyl sites for hydroxylation is 1. The normalized spacial score (nSPS) is 18.5. The predicted octanol–water partition coefficient (Wildman–Crippen LogP) is 2.10. The Hall–Kier alpha value is -1.76. The lowest BCUT2D eigenvalue weighted by Gasteiger charge is -2.30. The maximum absolute atomic E-state index is 12.4. The van der Waals surface area contributed by atoms with E-state index >= 15 is 0 Å². The molecular weight excluding hydrogens is 322 g/mol. The van der Waals surface area contributed by atoms with Crippen molar-refractivity contribution in [3.63, 3.8) is 0 Å². The number of carbonyl (C=O) groups is 1. The van der Waals surface area contributed by atoms with Gasteiger partial charge in [0.2, 0.25) is 0 Å². The van der Waals surface area contributed by atoms with Crippen LogP contribution in [0.15, 0.2) is 30.3 Å². The molecule has 5 nitrogen and oxygen atoms in total. The van der Waals surface area contributed by atoms with E-state index in [0.717, 1.165) is 36.8 Å². The Kier molecular flexibility index (Phi) is 5.60. The van der Waals surface area contributed by atoms with E-state index in [9.17, 15) is 4.79 Å². The van der Waals surface area contributed by atoms with Crippen LogP contribution >= 0.6 is 11.3 Å². The molecule has 1 N–H and O–H groups in total. The first-order valence-electron chi connectivity index (χ1n) is 8.20. The summed E-state index contributed by atoms with van der Waals surface area (Å²) < 4.78 is 5.68. The van der Waals surface area contributed by atoms with Gasteiger partial charge in [0.15, 0.2) is 0 Å². The Labute approximate surface area is 146 Å². The number of hydrogen-bond donors (Lipinski definition) is 1. The number of thiazole rings is 1. The van der Waals surface area contributed by atoms with Crippen molar-refractivity contribution < 1.29 is 9.53 Å². The number of morpholine rings is 1. The van der Waals surface area contributed by atoms with Crippen LogP contribution in [0.5, 0.6) is 0 Å². The van der Waals surface area contributed by atoms with Gasteiger partial charge in [-0.1, -0.05) is 30.3 Å². The predicted molar refractivity (Wildman–Crippen MR) is 95.7 cm³/mol. The summed E-state index contributed by atoms with van der Waals surface area (Å²) in [5.74, 6) is -0.0545. The molecule has 3 rings (SSSR count). The lowest BCUT2D eigenvalue weighted by Crippen LogP contribution is -2.45. The van der Waals surface area contributed by atoms with Crippen LogP contribution in [0.25, 0.3) is 0 Å². The molecule has 24 heavy (non-hydrogen) atoms. The number of ether oxygens (including phenoxy) is 1. The summed E-state index contributed by atoms with van der Waals surface area (Å²) >= 11 is 1.48. The monoisotopic (exact) mass is 345 g/mol. The van der Waals surface area contributed by atoms with E-state index in [1.807, 2.05) is 25.1 Å². The minimum atomic E-state index is -0.0545. The molecule has 2 heterocycles. The summed E-state index contributed by atoms with van der Waals surface area (Å²) in [6.07, 6.45) is 0.820. The van der Waals surface area contributed by atoms with Crippen LogP contribution in [0.3, 0.4) is 0 Å². The fraction of sp³-hybridized carbons (Fsp3) is 0.444. The molecule has 0 bridgehead atoms. The summed E-state index contributed by atoms with van der Waals surface area (Å²) in [5, 5.41) is 3.96. The number of carbonyl (C=O) groups excluding carboxylic acids is 1. The molecule has 1 aliphatic rings. The van der Waals surface area contributed by atoms with E-state index in [1.54, 1.807) is 0 Å². The van der Waals surface area contributed by atoms with Crippen LogP contribution < -0.4 is 5.32 Å². The van der Waals surface area contributed by atoms with Crippen molar-refractivity contribution in [2.75, 3.05) is 33.3 Å². The van der Waals surface area contributed by atoms with Crippen LogP contribution in [0.2, 0.25) is 0 Å². The third kappa shape index (κ3) is 4.41. The van der Waals surface area contributed by atoms with Gasteiger partial charge in [0.25, 0.3) is 5.91 Å². The van der Waals surface area contributed by atoms with Gasteiger partial charge in [0, 0.05) is 26.1 Å². The van der Waals surface area contributed by atoms with Gasteiger partial charge >= 0.3 is 0 Å². The zero-order chi connectivity index (χ0) is 16.9. The van der Waals surface area contributed by atoms with E-state index in [-0.39, 0.29) is 12.0 Å². The van der Waals surface area contributed by atoms with Gasteiger partial charge in [-0.25, -0.2) is 4.98 Å². The highest BCUT2D eigenvalue weighted by atomic mass is 32.1. The van der Waals surface area contributed by atoms with Crippen molar-refractivity contribution >= 4 is 17.2 Å². The third-order valence-electron chi connectivity index (χ3n) is 4.08. The van der Waals surface area contributed by atoms with Gasteiger partial charge in [-0.2, -0.15) is 0 Å². The number of likely N-dealkylation sites (N-methyl/N-ethyl adjacent to an activating group) is 1. The lowest BCUT2D eigenvalue weighted by atomic mass is 10.2. The third-order valence-corrected chi connectivity index (χ3v) is 5.23. The molecule has 1 aromatic heterocycles. The molecule has 6 heteroatoms. The van der Waals surface area contributed by atoms with Gasteiger partial charge < -0.3 is 15.0 Å². The Morgan fingerprint density at radius 2 is 2.21 bits per heavy atom. The fourth-order valence-electron chi connectivity index (χ4n) is 2.79. The van der Waals surface area contributed by atoms with Crippen molar-refractivity contribution in [1.82, 2.24) is 15.2 Å². The minimum absolute atomic E-state index is 0.0545. The van der Waals surface area contributed by atoms with Crippen molar-refractivity contribution in [3.05, 3.63) is 51.5 Å². The smallest absolute Gasteiger partial charge is 0.263 e. The van der Waals surface area contributed by atoms with Crippen molar-refractivity contribution in [1.29, 1.82) is 0 Å². The van der Waals surface area contributed by atoms with Crippen molar-refractivity contribution in [2.45, 2.75) is 19.4 Å². The summed E-state index contributed by atoms with van der Waals surface area (Å²) in [5.41, 5.74) is 2.00. The molecule has 1 atom stereocenters. The number of aromatic nitrogens is 1. The molecule has 2 aromatic rings. The van der Waals surface area contributed by atoms with E-state index < -0.39 is 0 Å². The first-order valence-corrected chi connectivity index (χ1v) is 9.02. The molecule has 1 saturated heterocycles. The first-order chi connectivity index (χ1) is 11.6. The molecule has 128 valence electrons. The maximum atomic E-state index is 12.4. The quantitative estimate of drug-likeness (QED) is 0.902.